The molecular formula is C35H33F3N4O3. The second-order valence-electron chi connectivity index (χ2n) is 13.2. The maximum atomic E-state index is 16.8. The first-order chi connectivity index (χ1) is 21.8. The van der Waals surface area contributed by atoms with Crippen LogP contribution >= 0.6 is 0 Å². The summed E-state index contributed by atoms with van der Waals surface area (Å²) in [5.41, 5.74) is 0.168. The van der Waals surface area contributed by atoms with Crippen LogP contribution in [0.5, 0.6) is 11.8 Å². The van der Waals surface area contributed by atoms with Crippen LogP contribution in [0.4, 0.5) is 19.0 Å². The van der Waals surface area contributed by atoms with Gasteiger partial charge >= 0.3 is 6.01 Å². The maximum Gasteiger partial charge on any atom is 0.319 e. The molecule has 10 heteroatoms. The van der Waals surface area contributed by atoms with Crippen LogP contribution in [0, 0.1) is 29.4 Å². The van der Waals surface area contributed by atoms with E-state index in [1.165, 1.54) is 24.3 Å². The number of halogens is 3. The molecule has 4 aliphatic heterocycles. The second-order valence-corrected chi connectivity index (χ2v) is 13.2. The summed E-state index contributed by atoms with van der Waals surface area (Å²) < 4.78 is 57.8. The lowest BCUT2D eigenvalue weighted by atomic mass is 9.77. The number of hydrogen-bond acceptors (Lipinski definition) is 7. The van der Waals surface area contributed by atoms with E-state index in [0.717, 1.165) is 58.5 Å². The van der Waals surface area contributed by atoms with E-state index in [1.807, 2.05) is 0 Å². The number of nitrogens with zero attached hydrogens (tertiary/aromatic N) is 4. The first-order valence-electron chi connectivity index (χ1n) is 15.6. The van der Waals surface area contributed by atoms with Crippen molar-refractivity contribution in [3.05, 3.63) is 53.6 Å². The van der Waals surface area contributed by atoms with Gasteiger partial charge < -0.3 is 19.5 Å². The maximum absolute atomic E-state index is 16.8. The summed E-state index contributed by atoms with van der Waals surface area (Å²) in [6.07, 6.45) is 8.82. The Kier molecular flexibility index (Phi) is 6.63. The van der Waals surface area contributed by atoms with E-state index in [9.17, 15) is 13.9 Å². The monoisotopic (exact) mass is 614 g/mol. The quantitative estimate of drug-likeness (QED) is 0.277. The molecule has 0 amide bonds. The van der Waals surface area contributed by atoms with Crippen molar-refractivity contribution in [1.29, 1.82) is 0 Å². The van der Waals surface area contributed by atoms with Crippen molar-refractivity contribution in [3.63, 3.8) is 0 Å². The Morgan fingerprint density at radius 3 is 2.62 bits per heavy atom. The number of phenols is 1. The Bertz CT molecular complexity index is 1880. The highest BCUT2D eigenvalue weighted by Gasteiger charge is 2.49. The van der Waals surface area contributed by atoms with Crippen molar-refractivity contribution < 1.29 is 27.8 Å². The van der Waals surface area contributed by atoms with Crippen LogP contribution in [0.25, 0.3) is 32.8 Å². The zero-order valence-electron chi connectivity index (χ0n) is 24.8. The average molecular weight is 615 g/mol. The van der Waals surface area contributed by atoms with Crippen LogP contribution in [-0.4, -0.2) is 77.7 Å². The predicted molar refractivity (Wildman–Crippen MR) is 165 cm³/mol. The van der Waals surface area contributed by atoms with E-state index in [-0.39, 0.29) is 46.0 Å². The summed E-state index contributed by atoms with van der Waals surface area (Å²) in [7, 11) is 0. The standard InChI is InChI=1S/C35H33F3N4O3/c1-2-24-28(37)7-4-21-14-23(43)15-27(29(21)24)25-5-6-26-31(30(25)38)39-33(45-20-35-8-3-11-42(35)17-22(36)16-35)40-32(26)41-12-9-34(10-13-41)18-44-19-34/h1,4-7,14-15,22,43H,3,8-13,16-20H2/t22?,35-/m0/s1. The van der Waals surface area contributed by atoms with Gasteiger partial charge in [0.2, 0.25) is 0 Å². The van der Waals surface area contributed by atoms with Crippen molar-refractivity contribution in [2.24, 2.45) is 5.41 Å². The molecule has 4 aromatic rings. The number of rotatable bonds is 5. The molecule has 8 rings (SSSR count). The largest absolute Gasteiger partial charge is 0.508 e. The Morgan fingerprint density at radius 2 is 1.87 bits per heavy atom. The number of anilines is 1. The lowest BCUT2D eigenvalue weighted by Gasteiger charge is -2.47. The molecule has 1 spiro atoms. The topological polar surface area (TPSA) is 71.0 Å². The van der Waals surface area contributed by atoms with E-state index in [0.29, 0.717) is 34.9 Å². The minimum Gasteiger partial charge on any atom is -0.508 e. The first-order valence-corrected chi connectivity index (χ1v) is 15.6. The third kappa shape index (κ3) is 4.59. The molecule has 5 heterocycles. The van der Waals surface area contributed by atoms with Gasteiger partial charge in [-0.05, 0) is 67.4 Å². The minimum atomic E-state index is -0.909. The van der Waals surface area contributed by atoms with E-state index >= 15 is 4.39 Å². The zero-order chi connectivity index (χ0) is 30.9. The molecule has 45 heavy (non-hydrogen) atoms. The third-order valence-corrected chi connectivity index (χ3v) is 10.4. The van der Waals surface area contributed by atoms with Gasteiger partial charge in [-0.3, -0.25) is 4.90 Å². The second kappa shape index (κ2) is 10.5. The number of benzene rings is 3. The van der Waals surface area contributed by atoms with Gasteiger partial charge in [-0.15, -0.1) is 6.42 Å². The first kappa shape index (κ1) is 28.4. The highest BCUT2D eigenvalue weighted by molar-refractivity contribution is 6.04. The lowest BCUT2D eigenvalue weighted by molar-refractivity contribution is -0.124. The van der Waals surface area contributed by atoms with Gasteiger partial charge in [0.05, 0.1) is 24.3 Å². The van der Waals surface area contributed by atoms with E-state index in [4.69, 9.17) is 20.9 Å². The van der Waals surface area contributed by atoms with Crippen molar-refractivity contribution >= 4 is 27.5 Å². The lowest BCUT2D eigenvalue weighted by Crippen LogP contribution is -2.51. The molecule has 2 atom stereocenters. The van der Waals surface area contributed by atoms with Crippen LogP contribution in [0.1, 0.15) is 37.7 Å². The van der Waals surface area contributed by atoms with Gasteiger partial charge in [0.1, 0.15) is 35.7 Å². The Labute approximate surface area is 259 Å². The molecule has 1 N–H and O–H groups in total. The molecule has 1 unspecified atom stereocenters. The number of aromatic hydroxyl groups is 1. The van der Waals surface area contributed by atoms with Crippen molar-refractivity contribution in [2.45, 2.75) is 43.8 Å². The fourth-order valence-electron chi connectivity index (χ4n) is 7.94. The summed E-state index contributed by atoms with van der Waals surface area (Å²) in [4.78, 5) is 13.7. The van der Waals surface area contributed by atoms with Crippen molar-refractivity contribution in [3.8, 4) is 35.2 Å². The smallest absolute Gasteiger partial charge is 0.319 e. The highest BCUT2D eigenvalue weighted by atomic mass is 19.1. The number of aromatic nitrogens is 2. The fraction of sp³-hybridized carbons (Fsp3) is 0.429. The van der Waals surface area contributed by atoms with Crippen LogP contribution in [-0.2, 0) is 4.74 Å². The van der Waals surface area contributed by atoms with Crippen molar-refractivity contribution in [1.82, 2.24) is 14.9 Å². The molecule has 4 aliphatic rings. The number of phenolic OH excluding ortho intramolecular Hbond substituents is 1. The van der Waals surface area contributed by atoms with E-state index < -0.39 is 23.3 Å². The summed E-state index contributed by atoms with van der Waals surface area (Å²) in [5, 5.41) is 11.9. The SMILES string of the molecule is C#Cc1c(F)ccc2cc(O)cc(-c3ccc4c(N5CCC6(CC5)COC6)nc(OC[C@@]56CCCN5CC(F)C6)nc4c3F)c12. The van der Waals surface area contributed by atoms with Gasteiger partial charge in [0.15, 0.2) is 5.82 Å². The molecule has 0 aliphatic carbocycles. The predicted octanol–water partition coefficient (Wildman–Crippen LogP) is 5.99. The normalized spacial score (nSPS) is 24.2. The average Bonchev–Trinajstić information content (AvgIpc) is 3.55. The number of hydrogen-bond donors (Lipinski definition) is 1. The van der Waals surface area contributed by atoms with Crippen LogP contribution < -0.4 is 9.64 Å². The Morgan fingerprint density at radius 1 is 1.04 bits per heavy atom. The van der Waals surface area contributed by atoms with Crippen LogP contribution in [0.15, 0.2) is 36.4 Å². The van der Waals surface area contributed by atoms with Gasteiger partial charge in [-0.2, -0.15) is 9.97 Å². The van der Waals surface area contributed by atoms with Crippen LogP contribution in [0.3, 0.4) is 0 Å². The fourth-order valence-corrected chi connectivity index (χ4v) is 7.94. The third-order valence-electron chi connectivity index (χ3n) is 10.4. The van der Waals surface area contributed by atoms with Gasteiger partial charge in [-0.1, -0.05) is 18.1 Å². The molecule has 3 aromatic carbocycles. The molecular weight excluding hydrogens is 581 g/mol. The Hall–Kier alpha value is -4.07. The number of terminal acetylenes is 1. The molecule has 0 bridgehead atoms. The number of alkyl halides is 1. The zero-order valence-corrected chi connectivity index (χ0v) is 24.8. The van der Waals surface area contributed by atoms with E-state index in [2.05, 4.69) is 20.7 Å². The number of ether oxygens (including phenoxy) is 2. The van der Waals surface area contributed by atoms with Gasteiger partial charge in [0, 0.05) is 47.8 Å². The Balaban J connectivity index is 1.25. The number of piperidine rings is 1. The molecule has 4 fully saturated rings. The minimum absolute atomic E-state index is 0.0141. The summed E-state index contributed by atoms with van der Waals surface area (Å²) in [6, 6.07) is 8.99. The van der Waals surface area contributed by atoms with E-state index in [1.54, 1.807) is 12.1 Å². The summed E-state index contributed by atoms with van der Waals surface area (Å²) in [5.74, 6) is 1.59. The molecule has 4 saturated heterocycles. The molecule has 7 nitrogen and oxygen atoms in total. The van der Waals surface area contributed by atoms with Gasteiger partial charge in [-0.25, -0.2) is 13.2 Å². The summed E-state index contributed by atoms with van der Waals surface area (Å²) in [6.45, 7) is 4.38. The highest BCUT2D eigenvalue weighted by Crippen LogP contribution is 2.44. The molecule has 0 radical (unpaired) electrons. The van der Waals surface area contributed by atoms with Gasteiger partial charge in [0.25, 0.3) is 0 Å². The van der Waals surface area contributed by atoms with Crippen LogP contribution in [0.2, 0.25) is 0 Å². The van der Waals surface area contributed by atoms with Crippen molar-refractivity contribution in [2.75, 3.05) is 50.9 Å². The molecule has 1 aromatic heterocycles. The number of fused-ring (bicyclic) bond motifs is 3. The summed E-state index contributed by atoms with van der Waals surface area (Å²) >= 11 is 0. The molecule has 232 valence electrons. The molecule has 0 saturated carbocycles.